The van der Waals surface area contributed by atoms with Crippen molar-refractivity contribution in [1.29, 1.82) is 0 Å². The van der Waals surface area contributed by atoms with Crippen molar-refractivity contribution < 1.29 is 0 Å². The molecule has 2 aliphatic heterocycles. The first kappa shape index (κ1) is 6.57. The monoisotopic (exact) mass is 182 g/mol. The van der Waals surface area contributed by atoms with Crippen LogP contribution in [0, 0.1) is 0 Å². The normalized spacial score (nSPS) is 30.7. The van der Waals surface area contributed by atoms with Crippen LogP contribution in [0.5, 0.6) is 0 Å². The van der Waals surface area contributed by atoms with Crippen molar-refractivity contribution in [1.82, 2.24) is 0 Å². The molecule has 2 rings (SSSR count). The Hall–Kier alpha value is 0.868. The van der Waals surface area contributed by atoms with E-state index in [1.54, 1.807) is 28.3 Å². The third-order valence-corrected chi connectivity index (χ3v) is 18.0. The van der Waals surface area contributed by atoms with Crippen LogP contribution in [0.25, 0.3) is 0 Å². The third-order valence-electron chi connectivity index (χ3n) is 2.00. The number of fused-ring (bicyclic) bond motifs is 2. The Morgan fingerprint density at radius 2 is 1.22 bits per heavy atom. The molecular weight excluding hydrogens is 172 g/mol. The number of hydrogen-bond acceptors (Lipinski definition) is 0. The summed E-state index contributed by atoms with van der Waals surface area (Å²) in [4.78, 5) is 0. The maximum Gasteiger partial charge on any atom is 0.0383 e. The van der Waals surface area contributed by atoms with Crippen LogP contribution in [0.4, 0.5) is 0 Å². The molecule has 0 aromatic heterocycles. The van der Waals surface area contributed by atoms with Crippen LogP contribution in [0.1, 0.15) is 0 Å². The molecule has 2 fully saturated rings. The first-order valence-electron chi connectivity index (χ1n) is 3.54. The van der Waals surface area contributed by atoms with Crippen LogP contribution in [0.2, 0.25) is 28.3 Å². The molecule has 0 N–H and O–H groups in total. The highest BCUT2D eigenvalue weighted by atomic mass is 28.4. The van der Waals surface area contributed by atoms with Crippen molar-refractivity contribution in [2.45, 2.75) is 28.3 Å². The fourth-order valence-electron chi connectivity index (χ4n) is 1.56. The van der Waals surface area contributed by atoms with E-state index in [9.17, 15) is 0 Å². The Labute approximate surface area is 65.3 Å². The molecule has 0 atom stereocenters. The van der Waals surface area contributed by atoms with E-state index in [1.807, 2.05) is 0 Å². The second kappa shape index (κ2) is 2.85. The second-order valence-corrected chi connectivity index (χ2v) is 14.0. The molecule has 46 valence electrons. The van der Waals surface area contributed by atoms with E-state index in [0.29, 0.717) is 17.6 Å². The van der Waals surface area contributed by atoms with Crippen LogP contribution in [-0.4, -0.2) is 36.6 Å². The predicted octanol–water partition coefficient (Wildman–Crippen LogP) is 0.781. The average Bonchev–Trinajstić information content (AvgIpc) is 1.88. The van der Waals surface area contributed by atoms with Crippen molar-refractivity contribution in [2.75, 3.05) is 0 Å². The lowest BCUT2D eigenvalue weighted by Crippen LogP contribution is -2.39. The third kappa shape index (κ3) is 1.47. The zero-order valence-electron chi connectivity index (χ0n) is 5.54. The van der Waals surface area contributed by atoms with Crippen LogP contribution in [-0.2, 0) is 0 Å². The van der Waals surface area contributed by atoms with Gasteiger partial charge in [0.25, 0.3) is 0 Å². The van der Waals surface area contributed by atoms with E-state index in [0.717, 1.165) is 0 Å². The maximum atomic E-state index is 1.80. The lowest BCUT2D eigenvalue weighted by molar-refractivity contribution is 1.47. The summed E-state index contributed by atoms with van der Waals surface area (Å²) in [5.74, 6) is 0. The molecule has 0 spiro atoms. The largest absolute Gasteiger partial charge is 0.0675 e. The van der Waals surface area contributed by atoms with E-state index in [-0.39, 0.29) is 0 Å². The Kier molecular flexibility index (Phi) is 2.08. The van der Waals surface area contributed by atoms with Crippen LogP contribution >= 0.6 is 0 Å². The number of rotatable bonds is 0. The molecular formula is C5H10Si4. The van der Waals surface area contributed by atoms with Crippen molar-refractivity contribution in [3.8, 4) is 0 Å². The fraction of sp³-hybridized carbons (Fsp3) is 1.00. The molecule has 0 aromatic carbocycles. The Morgan fingerprint density at radius 3 is 1.56 bits per heavy atom. The van der Waals surface area contributed by atoms with Gasteiger partial charge in [-0.05, 0) is 0 Å². The van der Waals surface area contributed by atoms with E-state index >= 15 is 0 Å². The van der Waals surface area contributed by atoms with Crippen molar-refractivity contribution >= 4 is 36.6 Å². The molecule has 0 nitrogen and oxygen atoms in total. The van der Waals surface area contributed by atoms with Gasteiger partial charge in [0.05, 0.1) is 0 Å². The van der Waals surface area contributed by atoms with Gasteiger partial charge in [0, 0.05) is 36.6 Å². The molecule has 6 radical (unpaired) electrons. The Balaban J connectivity index is 1.96. The molecule has 0 saturated carbocycles. The molecule has 2 saturated heterocycles. The lowest BCUT2D eigenvalue weighted by Gasteiger charge is -2.30. The summed E-state index contributed by atoms with van der Waals surface area (Å²) < 4.78 is 0. The lowest BCUT2D eigenvalue weighted by atomic mass is 11.7. The summed E-state index contributed by atoms with van der Waals surface area (Å²) in [6.07, 6.45) is 0. The fourth-order valence-corrected chi connectivity index (χ4v) is 23.0. The van der Waals surface area contributed by atoms with Crippen molar-refractivity contribution in [3.63, 3.8) is 0 Å². The minimum Gasteiger partial charge on any atom is -0.0675 e. The Bertz CT molecular complexity index is 85.1. The summed E-state index contributed by atoms with van der Waals surface area (Å²) in [6.45, 7) is 0. The molecule has 4 heteroatoms. The summed E-state index contributed by atoms with van der Waals surface area (Å²) in [6, 6.07) is 0. The molecule has 2 aliphatic rings. The van der Waals surface area contributed by atoms with Crippen LogP contribution < -0.4 is 0 Å². The Morgan fingerprint density at radius 1 is 0.778 bits per heavy atom. The summed E-state index contributed by atoms with van der Waals surface area (Å²) in [5, 5.41) is 0. The summed E-state index contributed by atoms with van der Waals surface area (Å²) in [5.41, 5.74) is 8.66. The summed E-state index contributed by atoms with van der Waals surface area (Å²) >= 11 is 0. The first-order chi connectivity index (χ1) is 4.45. The molecule has 0 amide bonds. The van der Waals surface area contributed by atoms with Gasteiger partial charge in [0.15, 0.2) is 0 Å². The van der Waals surface area contributed by atoms with Gasteiger partial charge in [0.2, 0.25) is 0 Å². The average molecular weight is 182 g/mol. The number of hydrogen-bond donors (Lipinski definition) is 0. The van der Waals surface area contributed by atoms with Gasteiger partial charge in [-0.25, -0.2) is 0 Å². The van der Waals surface area contributed by atoms with Crippen LogP contribution in [0.15, 0.2) is 0 Å². The van der Waals surface area contributed by atoms with Gasteiger partial charge in [0.1, 0.15) is 0 Å². The molecule has 2 bridgehead atoms. The molecule has 0 unspecified atom stereocenters. The zero-order chi connectivity index (χ0) is 6.10. The molecule has 0 aliphatic carbocycles. The molecule has 2 heterocycles. The van der Waals surface area contributed by atoms with E-state index in [4.69, 9.17) is 0 Å². The topological polar surface area (TPSA) is 0 Å². The minimum absolute atomic E-state index is 0.321. The standard InChI is InChI=1S/C5H10Si4/c1-6-2-9-4-7-3-8(1)5-9/h1-5H2. The van der Waals surface area contributed by atoms with Gasteiger partial charge in [-0.3, -0.25) is 0 Å². The maximum absolute atomic E-state index is 1.80. The van der Waals surface area contributed by atoms with Crippen LogP contribution in [0.3, 0.4) is 0 Å². The van der Waals surface area contributed by atoms with E-state index in [2.05, 4.69) is 0 Å². The van der Waals surface area contributed by atoms with E-state index in [1.165, 1.54) is 19.0 Å². The highest BCUT2D eigenvalue weighted by Crippen LogP contribution is 2.23. The molecule has 0 aromatic rings. The predicted molar refractivity (Wildman–Crippen MR) is 47.1 cm³/mol. The smallest absolute Gasteiger partial charge is 0.0383 e. The van der Waals surface area contributed by atoms with Gasteiger partial charge < -0.3 is 0 Å². The quantitative estimate of drug-likeness (QED) is 0.486. The zero-order valence-corrected chi connectivity index (χ0v) is 9.54. The highest BCUT2D eigenvalue weighted by Gasteiger charge is 2.28. The van der Waals surface area contributed by atoms with Gasteiger partial charge in [-0.15, -0.1) is 0 Å². The van der Waals surface area contributed by atoms with E-state index < -0.39 is 0 Å². The SMILES string of the molecule is C1[Si]C[Si]2C[Si]C[Si]1C2. The second-order valence-electron chi connectivity index (χ2n) is 2.88. The van der Waals surface area contributed by atoms with Gasteiger partial charge in [-0.2, -0.15) is 0 Å². The van der Waals surface area contributed by atoms with Gasteiger partial charge in [-0.1, -0.05) is 28.3 Å². The molecule has 9 heavy (non-hydrogen) atoms. The summed E-state index contributed by atoms with van der Waals surface area (Å²) in [7, 11) is 3.47. The van der Waals surface area contributed by atoms with Crippen molar-refractivity contribution in [3.05, 3.63) is 0 Å². The highest BCUT2D eigenvalue weighted by molar-refractivity contribution is 6.98. The van der Waals surface area contributed by atoms with Crippen molar-refractivity contribution in [2.24, 2.45) is 0 Å². The van der Waals surface area contributed by atoms with Gasteiger partial charge >= 0.3 is 0 Å². The first-order valence-corrected chi connectivity index (χ1v) is 10.6. The minimum atomic E-state index is 0.321.